The fraction of sp³-hybridized carbons (Fsp3) is 0.267. The van der Waals surface area contributed by atoms with Crippen LogP contribution in [0.4, 0.5) is 13.2 Å². The van der Waals surface area contributed by atoms with Crippen LogP contribution in [0.25, 0.3) is 0 Å². The molecule has 0 spiro atoms. The van der Waals surface area contributed by atoms with Gasteiger partial charge in [-0.1, -0.05) is 29.8 Å². The van der Waals surface area contributed by atoms with Crippen molar-refractivity contribution in [3.05, 3.63) is 65.0 Å². The second-order valence-electron chi connectivity index (χ2n) is 4.67. The first-order valence-corrected chi connectivity index (χ1v) is 6.12. The molecule has 1 unspecified atom stereocenters. The Balaban J connectivity index is 2.25. The molecule has 1 heterocycles. The van der Waals surface area contributed by atoms with Gasteiger partial charge in [0, 0.05) is 24.4 Å². The van der Waals surface area contributed by atoms with E-state index in [0.717, 1.165) is 29.6 Å². The summed E-state index contributed by atoms with van der Waals surface area (Å²) in [5.74, 6) is 0. The zero-order chi connectivity index (χ0) is 14.8. The highest BCUT2D eigenvalue weighted by molar-refractivity contribution is 5.30. The van der Waals surface area contributed by atoms with Crippen molar-refractivity contribution in [2.45, 2.75) is 25.6 Å². The van der Waals surface area contributed by atoms with Gasteiger partial charge in [0.25, 0.3) is 0 Å². The summed E-state index contributed by atoms with van der Waals surface area (Å²) in [7, 11) is 0. The van der Waals surface area contributed by atoms with Gasteiger partial charge < -0.3 is 5.11 Å². The number of aliphatic hydroxyl groups excluding tert-OH is 1. The van der Waals surface area contributed by atoms with Gasteiger partial charge >= 0.3 is 6.18 Å². The van der Waals surface area contributed by atoms with Crippen molar-refractivity contribution in [2.75, 3.05) is 0 Å². The number of aliphatic hydroxyl groups is 1. The Hall–Kier alpha value is -1.88. The summed E-state index contributed by atoms with van der Waals surface area (Å²) in [5, 5.41) is 10.0. The first-order valence-electron chi connectivity index (χ1n) is 6.12. The summed E-state index contributed by atoms with van der Waals surface area (Å²) >= 11 is 0. The lowest BCUT2D eigenvalue weighted by Crippen LogP contribution is -2.13. The summed E-state index contributed by atoms with van der Waals surface area (Å²) in [5.41, 5.74) is 0.799. The number of alkyl halides is 3. The SMILES string of the molecule is Cc1ccc(CC(O)c2cnccc2C(F)(F)F)cc1. The molecule has 0 saturated carbocycles. The fourth-order valence-electron chi connectivity index (χ4n) is 1.99. The zero-order valence-electron chi connectivity index (χ0n) is 10.9. The van der Waals surface area contributed by atoms with Gasteiger partial charge in [-0.05, 0) is 18.6 Å². The van der Waals surface area contributed by atoms with Crippen LogP contribution in [-0.4, -0.2) is 10.1 Å². The average molecular weight is 281 g/mol. The lowest BCUT2D eigenvalue weighted by Gasteiger charge is -2.17. The van der Waals surface area contributed by atoms with Gasteiger partial charge in [0.2, 0.25) is 0 Å². The van der Waals surface area contributed by atoms with E-state index in [1.54, 1.807) is 12.1 Å². The molecule has 0 radical (unpaired) electrons. The molecule has 0 aliphatic heterocycles. The van der Waals surface area contributed by atoms with Crippen molar-refractivity contribution in [1.29, 1.82) is 0 Å². The van der Waals surface area contributed by atoms with E-state index in [2.05, 4.69) is 4.98 Å². The van der Waals surface area contributed by atoms with Gasteiger partial charge in [-0.3, -0.25) is 4.98 Å². The monoisotopic (exact) mass is 281 g/mol. The number of hydrogen-bond donors (Lipinski definition) is 1. The molecule has 0 saturated heterocycles. The standard InChI is InChI=1S/C15H14F3NO/c1-10-2-4-11(5-3-10)8-14(20)12-9-19-7-6-13(12)15(16,17)18/h2-7,9,14,20H,8H2,1H3. The predicted octanol–water partition coefficient (Wildman–Crippen LogP) is 3.68. The van der Waals surface area contributed by atoms with Crippen molar-refractivity contribution < 1.29 is 18.3 Å². The van der Waals surface area contributed by atoms with Crippen LogP contribution in [0.5, 0.6) is 0 Å². The van der Waals surface area contributed by atoms with Crippen LogP contribution in [0.15, 0.2) is 42.7 Å². The van der Waals surface area contributed by atoms with E-state index < -0.39 is 17.8 Å². The molecule has 0 aliphatic carbocycles. The lowest BCUT2D eigenvalue weighted by molar-refractivity contribution is -0.139. The first kappa shape index (κ1) is 14.5. The van der Waals surface area contributed by atoms with Crippen LogP contribution in [0.1, 0.15) is 28.4 Å². The summed E-state index contributed by atoms with van der Waals surface area (Å²) in [6, 6.07) is 8.18. The summed E-state index contributed by atoms with van der Waals surface area (Å²) < 4.78 is 38.6. The number of halogens is 3. The van der Waals surface area contributed by atoms with Crippen LogP contribution >= 0.6 is 0 Å². The quantitative estimate of drug-likeness (QED) is 0.930. The maximum Gasteiger partial charge on any atom is 0.416 e. The number of aromatic nitrogens is 1. The highest BCUT2D eigenvalue weighted by Gasteiger charge is 2.34. The van der Waals surface area contributed by atoms with Crippen molar-refractivity contribution in [1.82, 2.24) is 4.98 Å². The molecule has 0 aliphatic rings. The number of rotatable bonds is 3. The fourth-order valence-corrected chi connectivity index (χ4v) is 1.99. The van der Waals surface area contributed by atoms with Gasteiger partial charge in [0.05, 0.1) is 11.7 Å². The molecule has 0 amide bonds. The number of aryl methyl sites for hydroxylation is 1. The Morgan fingerprint density at radius 2 is 1.80 bits per heavy atom. The van der Waals surface area contributed by atoms with E-state index in [0.29, 0.717) is 0 Å². The molecule has 20 heavy (non-hydrogen) atoms. The maximum absolute atomic E-state index is 12.9. The number of hydrogen-bond acceptors (Lipinski definition) is 2. The molecule has 2 nitrogen and oxygen atoms in total. The Kier molecular flexibility index (Phi) is 4.09. The minimum absolute atomic E-state index is 0.120. The Bertz CT molecular complexity index is 578. The largest absolute Gasteiger partial charge is 0.416 e. The normalized spacial score (nSPS) is 13.2. The number of nitrogens with zero attached hydrogens (tertiary/aromatic N) is 1. The second kappa shape index (κ2) is 5.63. The third-order valence-electron chi connectivity index (χ3n) is 3.07. The molecular weight excluding hydrogens is 267 g/mol. The second-order valence-corrected chi connectivity index (χ2v) is 4.67. The van der Waals surface area contributed by atoms with Crippen LogP contribution in [0.2, 0.25) is 0 Å². The van der Waals surface area contributed by atoms with Crippen LogP contribution < -0.4 is 0 Å². The number of pyridine rings is 1. The highest BCUT2D eigenvalue weighted by atomic mass is 19.4. The summed E-state index contributed by atoms with van der Waals surface area (Å²) in [4.78, 5) is 3.68. The molecular formula is C15H14F3NO. The van der Waals surface area contributed by atoms with Crippen LogP contribution in [0.3, 0.4) is 0 Å². The topological polar surface area (TPSA) is 33.1 Å². The van der Waals surface area contributed by atoms with Crippen molar-refractivity contribution in [3.8, 4) is 0 Å². The van der Waals surface area contributed by atoms with Crippen LogP contribution in [-0.2, 0) is 12.6 Å². The minimum atomic E-state index is -4.49. The summed E-state index contributed by atoms with van der Waals surface area (Å²) in [6.07, 6.45) is -3.46. The molecule has 1 N–H and O–H groups in total. The molecule has 1 aromatic heterocycles. The molecule has 0 fully saturated rings. The Morgan fingerprint density at radius 3 is 2.40 bits per heavy atom. The van der Waals surface area contributed by atoms with Crippen LogP contribution in [0, 0.1) is 6.92 Å². The smallest absolute Gasteiger partial charge is 0.388 e. The van der Waals surface area contributed by atoms with Gasteiger partial charge in [-0.15, -0.1) is 0 Å². The molecule has 0 bridgehead atoms. The lowest BCUT2D eigenvalue weighted by atomic mass is 9.98. The van der Waals surface area contributed by atoms with Gasteiger partial charge in [-0.25, -0.2) is 0 Å². The van der Waals surface area contributed by atoms with E-state index in [1.165, 1.54) is 0 Å². The van der Waals surface area contributed by atoms with Gasteiger partial charge in [0.15, 0.2) is 0 Å². The molecule has 5 heteroatoms. The van der Waals surface area contributed by atoms with E-state index >= 15 is 0 Å². The molecule has 2 aromatic rings. The van der Waals surface area contributed by atoms with E-state index in [1.807, 2.05) is 19.1 Å². The third-order valence-corrected chi connectivity index (χ3v) is 3.07. The van der Waals surface area contributed by atoms with Gasteiger partial charge in [-0.2, -0.15) is 13.2 Å². The first-order chi connectivity index (χ1) is 9.38. The molecule has 1 atom stereocenters. The Morgan fingerprint density at radius 1 is 1.15 bits per heavy atom. The molecule has 2 rings (SSSR count). The molecule has 106 valence electrons. The van der Waals surface area contributed by atoms with Gasteiger partial charge in [0.1, 0.15) is 0 Å². The average Bonchev–Trinajstić information content (AvgIpc) is 2.40. The van der Waals surface area contributed by atoms with Crippen molar-refractivity contribution in [2.24, 2.45) is 0 Å². The Labute approximate surface area is 114 Å². The van der Waals surface area contributed by atoms with E-state index in [-0.39, 0.29) is 12.0 Å². The van der Waals surface area contributed by atoms with Crippen molar-refractivity contribution >= 4 is 0 Å². The van der Waals surface area contributed by atoms with Crippen molar-refractivity contribution in [3.63, 3.8) is 0 Å². The minimum Gasteiger partial charge on any atom is -0.388 e. The summed E-state index contributed by atoms with van der Waals surface area (Å²) in [6.45, 7) is 1.92. The van der Waals surface area contributed by atoms with E-state index in [4.69, 9.17) is 0 Å². The molecule has 1 aromatic carbocycles. The predicted molar refractivity (Wildman–Crippen MR) is 69.1 cm³/mol. The highest BCUT2D eigenvalue weighted by Crippen LogP contribution is 2.34. The number of benzene rings is 1. The zero-order valence-corrected chi connectivity index (χ0v) is 10.9. The maximum atomic E-state index is 12.9. The van der Waals surface area contributed by atoms with E-state index in [9.17, 15) is 18.3 Å². The third kappa shape index (κ3) is 3.36.